The maximum absolute atomic E-state index is 11.7. The van der Waals surface area contributed by atoms with Gasteiger partial charge in [0.25, 0.3) is 0 Å². The van der Waals surface area contributed by atoms with Crippen molar-refractivity contribution in [2.24, 2.45) is 0 Å². The zero-order valence-corrected chi connectivity index (χ0v) is 17.8. The third-order valence-electron chi connectivity index (χ3n) is 3.90. The topological polar surface area (TPSA) is 80.7 Å². The average Bonchev–Trinajstić information content (AvgIpc) is 2.99. The van der Waals surface area contributed by atoms with Gasteiger partial charge < -0.3 is 0 Å². The van der Waals surface area contributed by atoms with Gasteiger partial charge in [-0.15, -0.1) is 11.8 Å². The van der Waals surface area contributed by atoms with Crippen LogP contribution in [0.2, 0.25) is 0 Å². The van der Waals surface area contributed by atoms with Gasteiger partial charge in [0.15, 0.2) is 0 Å². The highest BCUT2D eigenvalue weighted by Crippen LogP contribution is 2.21. The molecule has 6 nitrogen and oxygen atoms in total. The minimum atomic E-state index is -1.86. The van der Waals surface area contributed by atoms with Crippen molar-refractivity contribution in [2.75, 3.05) is 0 Å². The third-order valence-corrected chi connectivity index (χ3v) is 3.90. The zero-order valence-electron chi connectivity index (χ0n) is 17.8. The normalized spacial score (nSPS) is 13.0. The van der Waals surface area contributed by atoms with Crippen LogP contribution in [0.1, 0.15) is 77.6 Å². The molecule has 1 aliphatic heterocycles. The second kappa shape index (κ2) is 15.4. The van der Waals surface area contributed by atoms with Crippen molar-refractivity contribution < 1.29 is 29.2 Å². The number of rotatable bonds is 5. The molecular formula is C25H26NO5+. The Bertz CT molecular complexity index is 952. The Hall–Kier alpha value is -3.47. The number of carbonyl (C=O) groups is 3. The van der Waals surface area contributed by atoms with Crippen LogP contribution in [-0.2, 0) is 19.2 Å². The van der Waals surface area contributed by atoms with Gasteiger partial charge >= 0.3 is 17.8 Å². The molecule has 0 spiro atoms. The van der Waals surface area contributed by atoms with Crippen LogP contribution in [0, 0.1) is 59.2 Å². The third kappa shape index (κ3) is 10.8. The van der Waals surface area contributed by atoms with E-state index >= 15 is 0 Å². The summed E-state index contributed by atoms with van der Waals surface area (Å²) in [5.74, 6) is 27.0. The molecule has 160 valence electrons. The molecule has 0 unspecified atom stereocenters. The Balaban J connectivity index is 2.10. The van der Waals surface area contributed by atoms with Crippen LogP contribution < -0.4 is 0 Å². The number of amides is 2. The highest BCUT2D eigenvalue weighted by molar-refractivity contribution is 5.91. The van der Waals surface area contributed by atoms with Crippen molar-refractivity contribution in [3.63, 3.8) is 0 Å². The summed E-state index contributed by atoms with van der Waals surface area (Å²) in [6.45, 7) is 2.00. The molecule has 0 aromatic rings. The van der Waals surface area contributed by atoms with Crippen LogP contribution in [0.15, 0.2) is 0 Å². The second-order valence-corrected chi connectivity index (χ2v) is 6.36. The highest BCUT2D eigenvalue weighted by atomic mass is 17.0. The Morgan fingerprint density at radius 1 is 0.806 bits per heavy atom. The van der Waals surface area contributed by atoms with Crippen LogP contribution in [0.5, 0.6) is 0 Å². The molecule has 1 saturated heterocycles. The van der Waals surface area contributed by atoms with Crippen LogP contribution in [0.25, 0.3) is 0 Å². The molecule has 0 aliphatic carbocycles. The van der Waals surface area contributed by atoms with Crippen molar-refractivity contribution in [1.29, 1.82) is 0 Å². The second-order valence-electron chi connectivity index (χ2n) is 6.36. The molecule has 0 saturated carbocycles. The zero-order chi connectivity index (χ0) is 22.8. The molecule has 1 fully saturated rings. The minimum Gasteiger partial charge on any atom is -0.245 e. The summed E-state index contributed by atoms with van der Waals surface area (Å²) in [7, 11) is 0. The van der Waals surface area contributed by atoms with Gasteiger partial charge in [-0.25, -0.2) is 19.2 Å². The molecule has 0 radical (unpaired) electrons. The van der Waals surface area contributed by atoms with Gasteiger partial charge in [-0.05, 0) is 12.8 Å². The molecule has 0 aromatic carbocycles. The fraction of sp³-hybridized carbons (Fsp3) is 0.480. The van der Waals surface area contributed by atoms with Crippen LogP contribution in [-0.4, -0.2) is 27.8 Å². The van der Waals surface area contributed by atoms with Crippen molar-refractivity contribution in [2.45, 2.75) is 77.6 Å². The number of imide groups is 1. The lowest BCUT2D eigenvalue weighted by Crippen LogP contribution is -2.50. The predicted molar refractivity (Wildman–Crippen MR) is 113 cm³/mol. The summed E-state index contributed by atoms with van der Waals surface area (Å²) in [4.78, 5) is 37.4. The van der Waals surface area contributed by atoms with Crippen molar-refractivity contribution in [1.82, 2.24) is 0 Å². The quantitative estimate of drug-likeness (QED) is 0.243. The first-order chi connectivity index (χ1) is 15.0. The Morgan fingerprint density at radius 3 is 1.74 bits per heavy atom. The molecule has 1 N–H and O–H groups in total. The summed E-state index contributed by atoms with van der Waals surface area (Å²) < 4.78 is 0. The fourth-order valence-corrected chi connectivity index (χ4v) is 2.32. The monoisotopic (exact) mass is 420 g/mol. The lowest BCUT2D eigenvalue weighted by molar-refractivity contribution is -1.12. The molecule has 2 amide bonds. The highest BCUT2D eigenvalue weighted by Gasteiger charge is 2.55. The lowest BCUT2D eigenvalue weighted by atomic mass is 10.2. The summed E-state index contributed by atoms with van der Waals surface area (Å²) in [6.07, 6.45) is 4.35. The SMILES string of the molecule is CCC#CCC#CCC#CCC#CCC#CCCCCC(=O)O[N+]1(O)C(=O)CCC1=O. The maximum Gasteiger partial charge on any atom is 0.397 e. The molecule has 1 aliphatic rings. The Kier molecular flexibility index (Phi) is 12.7. The molecule has 0 aromatic heterocycles. The first kappa shape index (κ1) is 25.6. The van der Waals surface area contributed by atoms with Crippen LogP contribution in [0.3, 0.4) is 0 Å². The molecular weight excluding hydrogens is 394 g/mol. The van der Waals surface area contributed by atoms with Gasteiger partial charge in [0, 0.05) is 12.8 Å². The van der Waals surface area contributed by atoms with E-state index in [-0.39, 0.29) is 19.3 Å². The minimum absolute atomic E-state index is 0.00219. The number of hydrogen-bond acceptors (Lipinski definition) is 5. The standard InChI is InChI=1S/C25H26NO5/c1-2-3-4-5-6-7-8-9-10-11-12-13-14-15-16-17-18-19-20-25(29)31-26(30)23(27)21-22-24(26)28/h30H,2,5,8,11,14,17-22H2,1H3/q+1. The van der Waals surface area contributed by atoms with E-state index < -0.39 is 22.6 Å². The van der Waals surface area contributed by atoms with E-state index in [1.54, 1.807) is 0 Å². The van der Waals surface area contributed by atoms with Gasteiger partial charge in [0.2, 0.25) is 0 Å². The molecule has 0 bridgehead atoms. The molecule has 0 atom stereocenters. The molecule has 6 heteroatoms. The Labute approximate surface area is 184 Å². The van der Waals surface area contributed by atoms with E-state index in [1.165, 1.54) is 0 Å². The number of hydrogen-bond donors (Lipinski definition) is 1. The van der Waals surface area contributed by atoms with Gasteiger partial charge in [-0.3, -0.25) is 0 Å². The van der Waals surface area contributed by atoms with Crippen molar-refractivity contribution >= 4 is 17.8 Å². The molecule has 31 heavy (non-hydrogen) atoms. The summed E-state index contributed by atoms with van der Waals surface area (Å²) in [5.41, 5.74) is 0. The summed E-state index contributed by atoms with van der Waals surface area (Å²) in [6, 6.07) is 0. The first-order valence-electron chi connectivity index (χ1n) is 10.2. The van der Waals surface area contributed by atoms with Crippen molar-refractivity contribution in [3.8, 4) is 59.2 Å². The first-order valence-corrected chi connectivity index (χ1v) is 10.2. The van der Waals surface area contributed by atoms with Crippen LogP contribution >= 0.6 is 0 Å². The van der Waals surface area contributed by atoms with E-state index in [1.807, 2.05) is 6.92 Å². The van der Waals surface area contributed by atoms with Gasteiger partial charge in [0.05, 0.1) is 44.9 Å². The predicted octanol–water partition coefficient (Wildman–Crippen LogP) is 3.05. The number of nitrogens with zero attached hydrogens (tertiary/aromatic N) is 1. The van der Waals surface area contributed by atoms with Gasteiger partial charge in [-0.1, -0.05) is 54.3 Å². The van der Waals surface area contributed by atoms with E-state index in [2.05, 4.69) is 64.0 Å². The summed E-state index contributed by atoms with van der Waals surface area (Å²) >= 11 is 0. The average molecular weight is 420 g/mol. The Morgan fingerprint density at radius 2 is 1.26 bits per heavy atom. The van der Waals surface area contributed by atoms with E-state index in [9.17, 15) is 19.6 Å². The van der Waals surface area contributed by atoms with Crippen molar-refractivity contribution in [3.05, 3.63) is 0 Å². The van der Waals surface area contributed by atoms with Gasteiger partial charge in [-0.2, -0.15) is 5.21 Å². The fourth-order valence-electron chi connectivity index (χ4n) is 2.32. The lowest BCUT2D eigenvalue weighted by Gasteiger charge is -2.15. The van der Waals surface area contributed by atoms with Gasteiger partial charge in [0.1, 0.15) is 4.81 Å². The van der Waals surface area contributed by atoms with E-state index in [0.717, 1.165) is 6.42 Å². The van der Waals surface area contributed by atoms with E-state index in [0.29, 0.717) is 44.9 Å². The number of hydroxylamine groups is 4. The number of unbranched alkanes of at least 4 members (excludes halogenated alkanes) is 2. The molecule has 1 rings (SSSR count). The smallest absolute Gasteiger partial charge is 0.245 e. The maximum atomic E-state index is 11.7. The van der Waals surface area contributed by atoms with E-state index in [4.69, 9.17) is 0 Å². The molecule has 1 heterocycles. The number of quaternary nitrogens is 1. The van der Waals surface area contributed by atoms with Crippen LogP contribution in [0.4, 0.5) is 0 Å². The largest absolute Gasteiger partial charge is 0.397 e. The number of carbonyl (C=O) groups excluding carboxylic acids is 3. The summed E-state index contributed by atoms with van der Waals surface area (Å²) in [5, 5.41) is 9.79.